The smallest absolute Gasteiger partial charge is 0.338 e. The minimum absolute atomic E-state index is 0.0560. The van der Waals surface area contributed by atoms with Crippen LogP contribution in [0.25, 0.3) is 0 Å². The molecule has 1 atom stereocenters. The number of benzene rings is 2. The molecule has 7 nitrogen and oxygen atoms in total. The lowest BCUT2D eigenvalue weighted by Gasteiger charge is -2.36. The zero-order valence-corrected chi connectivity index (χ0v) is 19.8. The van der Waals surface area contributed by atoms with Crippen LogP contribution >= 0.6 is 11.8 Å². The fourth-order valence-electron chi connectivity index (χ4n) is 4.00. The minimum atomic E-state index is -0.576. The first kappa shape index (κ1) is 23.6. The average molecular weight is 482 g/mol. The van der Waals surface area contributed by atoms with E-state index < -0.39 is 12.0 Å². The van der Waals surface area contributed by atoms with Gasteiger partial charge in [-0.1, -0.05) is 42.1 Å². The molecule has 1 N–H and O–H groups in total. The number of fused-ring (bicyclic) bond motifs is 1. The normalized spacial score (nSPS) is 17.1. The van der Waals surface area contributed by atoms with E-state index in [4.69, 9.17) is 9.47 Å². The van der Waals surface area contributed by atoms with Crippen LogP contribution in [0.3, 0.4) is 0 Å². The molecule has 0 radical (unpaired) electrons. The van der Waals surface area contributed by atoms with Gasteiger partial charge in [0.15, 0.2) is 5.17 Å². The summed E-state index contributed by atoms with van der Waals surface area (Å²) in [4.78, 5) is 32.1. The van der Waals surface area contributed by atoms with Crippen molar-refractivity contribution in [1.29, 1.82) is 0 Å². The summed E-state index contributed by atoms with van der Waals surface area (Å²) in [7, 11) is 2.90. The SMILES string of the molecule is COC(=O)C1=C(C)N=C2SC=C(CC(=O)NCc3cccc(F)c3)N2[C@H]1c1ccccc1OC. The Morgan fingerprint density at radius 1 is 1.18 bits per heavy atom. The Morgan fingerprint density at radius 2 is 1.97 bits per heavy atom. The maximum atomic E-state index is 13.4. The first-order valence-corrected chi connectivity index (χ1v) is 11.5. The fraction of sp³-hybridized carbons (Fsp3) is 0.240. The van der Waals surface area contributed by atoms with E-state index in [1.165, 1.54) is 31.0 Å². The van der Waals surface area contributed by atoms with E-state index in [9.17, 15) is 14.0 Å². The Hall–Kier alpha value is -3.59. The largest absolute Gasteiger partial charge is 0.496 e. The number of thioether (sulfide) groups is 1. The van der Waals surface area contributed by atoms with Gasteiger partial charge in [0, 0.05) is 17.8 Å². The van der Waals surface area contributed by atoms with Crippen LogP contribution in [-0.2, 0) is 20.9 Å². The summed E-state index contributed by atoms with van der Waals surface area (Å²) in [5.41, 5.74) is 3.04. The third-order valence-electron chi connectivity index (χ3n) is 5.56. The number of methoxy groups -OCH3 is 2. The van der Waals surface area contributed by atoms with Crippen LogP contribution in [0, 0.1) is 5.82 Å². The highest BCUT2D eigenvalue weighted by atomic mass is 32.2. The summed E-state index contributed by atoms with van der Waals surface area (Å²) in [5, 5.41) is 5.35. The molecule has 9 heteroatoms. The molecule has 2 aromatic rings. The number of ether oxygens (including phenoxy) is 2. The molecule has 4 rings (SSSR count). The van der Waals surface area contributed by atoms with Crippen molar-refractivity contribution in [1.82, 2.24) is 10.2 Å². The molecule has 0 spiro atoms. The predicted molar refractivity (Wildman–Crippen MR) is 128 cm³/mol. The number of rotatable bonds is 7. The molecule has 2 heterocycles. The number of nitrogens with zero attached hydrogens (tertiary/aromatic N) is 2. The topological polar surface area (TPSA) is 80.2 Å². The summed E-state index contributed by atoms with van der Waals surface area (Å²) in [6.45, 7) is 1.98. The van der Waals surface area contributed by atoms with E-state index in [2.05, 4.69) is 10.3 Å². The molecule has 0 saturated heterocycles. The number of hydrogen-bond acceptors (Lipinski definition) is 7. The van der Waals surface area contributed by atoms with Crippen LogP contribution in [0.4, 0.5) is 4.39 Å². The van der Waals surface area contributed by atoms with Crippen molar-refractivity contribution in [3.05, 3.63) is 87.9 Å². The van der Waals surface area contributed by atoms with Crippen molar-refractivity contribution in [2.24, 2.45) is 4.99 Å². The first-order valence-electron chi connectivity index (χ1n) is 10.6. The zero-order valence-electron chi connectivity index (χ0n) is 19.0. The van der Waals surface area contributed by atoms with Gasteiger partial charge in [-0.2, -0.15) is 0 Å². The number of hydrogen-bond donors (Lipinski definition) is 1. The minimum Gasteiger partial charge on any atom is -0.496 e. The molecular formula is C25H24FN3O4S. The number of halogens is 1. The Bertz CT molecular complexity index is 1220. The van der Waals surface area contributed by atoms with Crippen LogP contribution in [0.15, 0.2) is 75.9 Å². The average Bonchev–Trinajstić information content (AvgIpc) is 3.23. The lowest BCUT2D eigenvalue weighted by Crippen LogP contribution is -2.38. The fourth-order valence-corrected chi connectivity index (χ4v) is 4.97. The van der Waals surface area contributed by atoms with E-state index in [0.29, 0.717) is 33.4 Å². The molecular weight excluding hydrogens is 457 g/mol. The quantitative estimate of drug-likeness (QED) is 0.595. The van der Waals surface area contributed by atoms with E-state index in [0.717, 1.165) is 5.56 Å². The molecule has 2 aromatic carbocycles. The van der Waals surface area contributed by atoms with Crippen molar-refractivity contribution in [2.75, 3.05) is 14.2 Å². The second-order valence-electron chi connectivity index (χ2n) is 7.71. The van der Waals surface area contributed by atoms with Crippen LogP contribution in [-0.4, -0.2) is 36.2 Å². The van der Waals surface area contributed by atoms with Crippen molar-refractivity contribution >= 4 is 28.8 Å². The maximum Gasteiger partial charge on any atom is 0.338 e. The van der Waals surface area contributed by atoms with Crippen molar-refractivity contribution in [3.8, 4) is 5.75 Å². The molecule has 34 heavy (non-hydrogen) atoms. The van der Waals surface area contributed by atoms with Crippen LogP contribution < -0.4 is 10.1 Å². The second-order valence-corrected chi connectivity index (χ2v) is 8.55. The summed E-state index contributed by atoms with van der Waals surface area (Å²) in [6, 6.07) is 12.9. The van der Waals surface area contributed by atoms with Crippen LogP contribution in [0.1, 0.15) is 30.5 Å². The highest BCUT2D eigenvalue weighted by molar-refractivity contribution is 8.16. The monoisotopic (exact) mass is 481 g/mol. The number of allylic oxidation sites excluding steroid dienone is 1. The third-order valence-corrected chi connectivity index (χ3v) is 6.45. The molecule has 2 aliphatic rings. The van der Waals surface area contributed by atoms with Gasteiger partial charge in [-0.15, -0.1) is 0 Å². The number of carbonyl (C=O) groups excluding carboxylic acids is 2. The summed E-state index contributed by atoms with van der Waals surface area (Å²) in [5.74, 6) is -0.479. The van der Waals surface area contributed by atoms with Gasteiger partial charge in [0.05, 0.1) is 38.0 Å². The van der Waals surface area contributed by atoms with Gasteiger partial charge in [-0.25, -0.2) is 14.2 Å². The van der Waals surface area contributed by atoms with Gasteiger partial charge in [0.25, 0.3) is 0 Å². The van der Waals surface area contributed by atoms with E-state index in [-0.39, 0.29) is 24.7 Å². The van der Waals surface area contributed by atoms with Crippen LogP contribution in [0.2, 0.25) is 0 Å². The Labute approximate surface area is 201 Å². The zero-order chi connectivity index (χ0) is 24.2. The van der Waals surface area contributed by atoms with Crippen molar-refractivity contribution < 1.29 is 23.5 Å². The van der Waals surface area contributed by atoms with Gasteiger partial charge >= 0.3 is 5.97 Å². The molecule has 0 unspecified atom stereocenters. The van der Waals surface area contributed by atoms with Gasteiger partial charge in [-0.05, 0) is 36.1 Å². The van der Waals surface area contributed by atoms with E-state index in [1.807, 2.05) is 34.6 Å². The van der Waals surface area contributed by atoms with Crippen molar-refractivity contribution in [2.45, 2.75) is 25.9 Å². The maximum absolute atomic E-state index is 13.4. The lowest BCUT2D eigenvalue weighted by molar-refractivity contribution is -0.136. The second kappa shape index (κ2) is 10.1. The van der Waals surface area contributed by atoms with Gasteiger partial charge in [-0.3, -0.25) is 4.79 Å². The molecule has 176 valence electrons. The Kier molecular flexibility index (Phi) is 7.02. The summed E-state index contributed by atoms with van der Waals surface area (Å²) < 4.78 is 24.1. The highest BCUT2D eigenvalue weighted by Crippen LogP contribution is 2.46. The molecule has 2 aliphatic heterocycles. The summed E-state index contributed by atoms with van der Waals surface area (Å²) >= 11 is 1.39. The third kappa shape index (κ3) is 4.70. The molecule has 0 saturated carbocycles. The van der Waals surface area contributed by atoms with Crippen molar-refractivity contribution in [3.63, 3.8) is 0 Å². The number of carbonyl (C=O) groups is 2. The predicted octanol–water partition coefficient (Wildman–Crippen LogP) is 4.29. The first-order chi connectivity index (χ1) is 16.4. The summed E-state index contributed by atoms with van der Waals surface area (Å²) in [6.07, 6.45) is 0.0560. The number of aliphatic imine (C=N–C) groups is 1. The highest BCUT2D eigenvalue weighted by Gasteiger charge is 2.42. The Balaban J connectivity index is 1.62. The van der Waals surface area contributed by atoms with Gasteiger partial charge in [0.1, 0.15) is 11.6 Å². The number of amidine groups is 1. The molecule has 1 amide bonds. The molecule has 0 bridgehead atoms. The van der Waals surface area contributed by atoms with E-state index >= 15 is 0 Å². The van der Waals surface area contributed by atoms with E-state index in [1.54, 1.807) is 26.2 Å². The Morgan fingerprint density at radius 3 is 2.71 bits per heavy atom. The molecule has 0 aromatic heterocycles. The molecule has 0 fully saturated rings. The number of para-hydroxylation sites is 1. The number of nitrogens with one attached hydrogen (secondary N) is 1. The lowest BCUT2D eigenvalue weighted by atomic mass is 9.93. The standard InChI is InChI=1S/C25H24FN3O4S/c1-15-22(24(31)33-3)23(19-9-4-5-10-20(19)32-2)29-18(14-34-25(29)28-15)12-21(30)27-13-16-7-6-8-17(26)11-16/h4-11,14,23H,12-13H2,1-3H3,(H,27,30)/t23-/m0/s1. The number of amides is 1. The number of esters is 1. The molecule has 0 aliphatic carbocycles. The van der Waals surface area contributed by atoms with Crippen LogP contribution in [0.5, 0.6) is 5.75 Å². The van der Waals surface area contributed by atoms with Gasteiger partial charge in [0.2, 0.25) is 5.91 Å². The van der Waals surface area contributed by atoms with Gasteiger partial charge < -0.3 is 19.7 Å².